The maximum atomic E-state index is 6.00. The molecule has 108 valence electrons. The largest absolute Gasteiger partial charge is 0.381 e. The lowest BCUT2D eigenvalue weighted by Gasteiger charge is -2.20. The van der Waals surface area contributed by atoms with Gasteiger partial charge < -0.3 is 5.73 Å². The Kier molecular flexibility index (Phi) is 3.16. The predicted molar refractivity (Wildman–Crippen MR) is 86.2 cm³/mol. The van der Waals surface area contributed by atoms with Crippen LogP contribution in [0.3, 0.4) is 0 Å². The molecule has 0 saturated carbocycles. The third-order valence-corrected chi connectivity index (χ3v) is 3.67. The monoisotopic (exact) mass is 280 g/mol. The van der Waals surface area contributed by atoms with Crippen molar-refractivity contribution in [2.75, 3.05) is 5.73 Å². The zero-order chi connectivity index (χ0) is 15.0. The second-order valence-electron chi connectivity index (χ2n) is 6.37. The van der Waals surface area contributed by atoms with E-state index in [2.05, 4.69) is 73.5 Å². The number of fused-ring (bicyclic) bond motifs is 1. The SMILES string of the molecule is CC(C)(C)c1c(N)nnn1Cc1cccc2ccccc12. The molecule has 0 aliphatic rings. The van der Waals surface area contributed by atoms with Gasteiger partial charge in [-0.3, -0.25) is 0 Å². The van der Waals surface area contributed by atoms with E-state index in [-0.39, 0.29) is 5.41 Å². The van der Waals surface area contributed by atoms with Gasteiger partial charge >= 0.3 is 0 Å². The first-order valence-corrected chi connectivity index (χ1v) is 7.13. The standard InChI is InChI=1S/C17H20N4/c1-17(2,3)15-16(18)19-20-21(15)11-13-9-6-8-12-7-4-5-10-14(12)13/h4-10H,11,18H2,1-3H3. The molecule has 0 radical (unpaired) electrons. The van der Waals surface area contributed by atoms with Gasteiger partial charge in [-0.25, -0.2) is 4.68 Å². The average Bonchev–Trinajstić information content (AvgIpc) is 2.80. The predicted octanol–water partition coefficient (Wildman–Crippen LogP) is 3.36. The normalized spacial score (nSPS) is 12.0. The number of hydrogen-bond acceptors (Lipinski definition) is 3. The van der Waals surface area contributed by atoms with Crippen molar-refractivity contribution in [2.45, 2.75) is 32.7 Å². The lowest BCUT2D eigenvalue weighted by molar-refractivity contribution is 0.503. The van der Waals surface area contributed by atoms with E-state index in [4.69, 9.17) is 5.73 Å². The van der Waals surface area contributed by atoms with Crippen molar-refractivity contribution in [1.82, 2.24) is 15.0 Å². The molecule has 0 atom stereocenters. The number of nitrogen functional groups attached to an aromatic ring is 1. The van der Waals surface area contributed by atoms with Gasteiger partial charge in [0.05, 0.1) is 12.2 Å². The minimum Gasteiger partial charge on any atom is -0.381 e. The van der Waals surface area contributed by atoms with Crippen LogP contribution in [0.15, 0.2) is 42.5 Å². The molecule has 1 aromatic heterocycles. The fourth-order valence-electron chi connectivity index (χ4n) is 2.80. The molecule has 0 bridgehead atoms. The summed E-state index contributed by atoms with van der Waals surface area (Å²) in [7, 11) is 0. The van der Waals surface area contributed by atoms with Gasteiger partial charge in [0, 0.05) is 5.41 Å². The van der Waals surface area contributed by atoms with Crippen LogP contribution in [0.2, 0.25) is 0 Å². The van der Waals surface area contributed by atoms with E-state index in [1.54, 1.807) is 0 Å². The summed E-state index contributed by atoms with van der Waals surface area (Å²) in [5, 5.41) is 10.8. The number of rotatable bonds is 2. The van der Waals surface area contributed by atoms with Gasteiger partial charge in [0.1, 0.15) is 0 Å². The summed E-state index contributed by atoms with van der Waals surface area (Å²) in [6.07, 6.45) is 0. The van der Waals surface area contributed by atoms with E-state index in [0.717, 1.165) is 5.69 Å². The Morgan fingerprint density at radius 2 is 1.76 bits per heavy atom. The highest BCUT2D eigenvalue weighted by molar-refractivity contribution is 5.85. The third-order valence-electron chi connectivity index (χ3n) is 3.67. The molecular formula is C17H20N4. The van der Waals surface area contributed by atoms with Crippen molar-refractivity contribution in [3.8, 4) is 0 Å². The van der Waals surface area contributed by atoms with E-state index >= 15 is 0 Å². The van der Waals surface area contributed by atoms with Gasteiger partial charge in [0.15, 0.2) is 5.82 Å². The Morgan fingerprint density at radius 1 is 1.05 bits per heavy atom. The van der Waals surface area contributed by atoms with Crippen LogP contribution in [0.4, 0.5) is 5.82 Å². The van der Waals surface area contributed by atoms with Crippen molar-refractivity contribution in [1.29, 1.82) is 0 Å². The summed E-state index contributed by atoms with van der Waals surface area (Å²) in [6.45, 7) is 7.06. The lowest BCUT2D eigenvalue weighted by atomic mass is 9.91. The second kappa shape index (κ2) is 4.88. The van der Waals surface area contributed by atoms with E-state index in [9.17, 15) is 0 Å². The highest BCUT2D eigenvalue weighted by atomic mass is 15.4. The molecule has 3 aromatic rings. The maximum Gasteiger partial charge on any atom is 0.169 e. The first-order chi connectivity index (χ1) is 9.97. The molecule has 0 amide bonds. The summed E-state index contributed by atoms with van der Waals surface area (Å²) in [6, 6.07) is 14.7. The lowest BCUT2D eigenvalue weighted by Crippen LogP contribution is -2.20. The van der Waals surface area contributed by atoms with E-state index in [1.165, 1.54) is 16.3 Å². The van der Waals surface area contributed by atoms with Gasteiger partial charge in [-0.05, 0) is 16.3 Å². The number of hydrogen-bond donors (Lipinski definition) is 1. The van der Waals surface area contributed by atoms with E-state index < -0.39 is 0 Å². The topological polar surface area (TPSA) is 56.7 Å². The molecule has 2 aromatic carbocycles. The molecule has 21 heavy (non-hydrogen) atoms. The minimum absolute atomic E-state index is 0.0852. The molecular weight excluding hydrogens is 260 g/mol. The first-order valence-electron chi connectivity index (χ1n) is 7.13. The smallest absolute Gasteiger partial charge is 0.169 e. The zero-order valence-electron chi connectivity index (χ0n) is 12.7. The van der Waals surface area contributed by atoms with Gasteiger partial charge in [-0.1, -0.05) is 68.4 Å². The van der Waals surface area contributed by atoms with Gasteiger partial charge in [0.25, 0.3) is 0 Å². The second-order valence-corrected chi connectivity index (χ2v) is 6.37. The molecule has 1 heterocycles. The Morgan fingerprint density at radius 3 is 2.52 bits per heavy atom. The fraction of sp³-hybridized carbons (Fsp3) is 0.294. The Labute approximate surface area is 124 Å². The summed E-state index contributed by atoms with van der Waals surface area (Å²) in [5.41, 5.74) is 8.12. The molecule has 0 aliphatic carbocycles. The minimum atomic E-state index is -0.0852. The average molecular weight is 280 g/mol. The maximum absolute atomic E-state index is 6.00. The number of nitrogens with two attached hydrogens (primary N) is 1. The van der Waals surface area contributed by atoms with Crippen LogP contribution in [0, 0.1) is 0 Å². The molecule has 3 rings (SSSR count). The van der Waals surface area contributed by atoms with Gasteiger partial charge in [-0.15, -0.1) is 5.10 Å². The molecule has 0 saturated heterocycles. The summed E-state index contributed by atoms with van der Waals surface area (Å²) in [5.74, 6) is 0.516. The van der Waals surface area contributed by atoms with E-state index in [1.807, 2.05) is 4.68 Å². The molecule has 2 N–H and O–H groups in total. The Bertz CT molecular complexity index is 776. The number of nitrogens with zero attached hydrogens (tertiary/aromatic N) is 3. The zero-order valence-corrected chi connectivity index (χ0v) is 12.7. The third kappa shape index (κ3) is 2.49. The van der Waals surface area contributed by atoms with Crippen LogP contribution in [0.5, 0.6) is 0 Å². The molecule has 4 heteroatoms. The summed E-state index contributed by atoms with van der Waals surface area (Å²) >= 11 is 0. The summed E-state index contributed by atoms with van der Waals surface area (Å²) < 4.78 is 1.91. The highest BCUT2D eigenvalue weighted by Gasteiger charge is 2.24. The van der Waals surface area contributed by atoms with Gasteiger partial charge in [-0.2, -0.15) is 0 Å². The van der Waals surface area contributed by atoms with Crippen LogP contribution < -0.4 is 5.73 Å². The molecule has 0 spiro atoms. The van der Waals surface area contributed by atoms with Crippen molar-refractivity contribution in [2.24, 2.45) is 0 Å². The van der Waals surface area contributed by atoms with Crippen LogP contribution in [-0.4, -0.2) is 15.0 Å². The van der Waals surface area contributed by atoms with E-state index in [0.29, 0.717) is 12.4 Å². The van der Waals surface area contributed by atoms with Crippen LogP contribution >= 0.6 is 0 Å². The number of anilines is 1. The Balaban J connectivity index is 2.08. The number of benzene rings is 2. The van der Waals surface area contributed by atoms with Crippen LogP contribution in [0.25, 0.3) is 10.8 Å². The summed E-state index contributed by atoms with van der Waals surface area (Å²) in [4.78, 5) is 0. The van der Waals surface area contributed by atoms with Gasteiger partial charge in [0.2, 0.25) is 0 Å². The molecule has 0 unspecified atom stereocenters. The molecule has 0 aliphatic heterocycles. The van der Waals surface area contributed by atoms with Crippen LogP contribution in [0.1, 0.15) is 32.0 Å². The molecule has 4 nitrogen and oxygen atoms in total. The van der Waals surface area contributed by atoms with Crippen molar-refractivity contribution < 1.29 is 0 Å². The highest BCUT2D eigenvalue weighted by Crippen LogP contribution is 2.27. The van der Waals surface area contributed by atoms with Crippen molar-refractivity contribution >= 4 is 16.6 Å². The molecule has 0 fully saturated rings. The first kappa shape index (κ1) is 13.6. The fourth-order valence-corrected chi connectivity index (χ4v) is 2.80. The van der Waals surface area contributed by atoms with Crippen molar-refractivity contribution in [3.63, 3.8) is 0 Å². The quantitative estimate of drug-likeness (QED) is 0.783. The Hall–Kier alpha value is -2.36. The van der Waals surface area contributed by atoms with Crippen LogP contribution in [-0.2, 0) is 12.0 Å². The van der Waals surface area contributed by atoms with Crippen molar-refractivity contribution in [3.05, 3.63) is 53.7 Å². The number of aromatic nitrogens is 3.